The highest BCUT2D eigenvalue weighted by molar-refractivity contribution is 7.90. The number of anilines is 1. The Labute approximate surface area is 171 Å². The monoisotopic (exact) mass is 419 g/mol. The van der Waals surface area contributed by atoms with E-state index < -0.39 is 15.7 Å². The van der Waals surface area contributed by atoms with Gasteiger partial charge in [-0.15, -0.1) is 0 Å². The van der Waals surface area contributed by atoms with Crippen LogP contribution in [0.15, 0.2) is 41.6 Å². The molecule has 2 atom stereocenters. The minimum absolute atomic E-state index is 0.334. The molecule has 4 rings (SSSR count). The number of ether oxygens (including phenoxy) is 1. The first-order chi connectivity index (χ1) is 13.9. The summed E-state index contributed by atoms with van der Waals surface area (Å²) in [6.07, 6.45) is 7.08. The molecule has 2 aromatic rings. The molecule has 1 aliphatic heterocycles. The molecule has 0 radical (unpaired) electrons. The normalized spacial score (nSPS) is 22.6. The molecule has 0 amide bonds. The third-order valence-corrected chi connectivity index (χ3v) is 7.09. The summed E-state index contributed by atoms with van der Waals surface area (Å²) < 4.78 is 41.8. The molecular weight excluding hydrogens is 393 g/mol. The summed E-state index contributed by atoms with van der Waals surface area (Å²) in [5.41, 5.74) is 0.988. The molecule has 0 bridgehead atoms. The predicted octanol–water partition coefficient (Wildman–Crippen LogP) is 3.09. The van der Waals surface area contributed by atoms with Gasteiger partial charge in [-0.25, -0.2) is 22.8 Å². The maximum absolute atomic E-state index is 13.0. The molecule has 1 aromatic carbocycles. The summed E-state index contributed by atoms with van der Waals surface area (Å²) in [6, 6.07) is 6.89. The van der Waals surface area contributed by atoms with E-state index in [0.717, 1.165) is 44.0 Å². The molecule has 0 N–H and O–H groups in total. The van der Waals surface area contributed by atoms with Crippen molar-refractivity contribution in [1.82, 2.24) is 9.97 Å². The minimum Gasteiger partial charge on any atom is -0.376 e. The molecule has 1 aliphatic carbocycles. The third-order valence-electron chi connectivity index (χ3n) is 5.96. The van der Waals surface area contributed by atoms with Gasteiger partial charge in [-0.1, -0.05) is 12.1 Å². The Hall–Kier alpha value is -2.06. The highest BCUT2D eigenvalue weighted by Gasteiger charge is 2.43. The first-order valence-corrected chi connectivity index (χ1v) is 11.9. The smallest absolute Gasteiger partial charge is 0.225 e. The molecule has 156 valence electrons. The van der Waals surface area contributed by atoms with Gasteiger partial charge >= 0.3 is 0 Å². The lowest BCUT2D eigenvalue weighted by Gasteiger charge is -2.32. The zero-order valence-electron chi connectivity index (χ0n) is 16.5. The van der Waals surface area contributed by atoms with Gasteiger partial charge in [0.2, 0.25) is 5.95 Å². The summed E-state index contributed by atoms with van der Waals surface area (Å²) in [5.74, 6) is 2.25. The molecule has 2 heterocycles. The van der Waals surface area contributed by atoms with E-state index in [2.05, 4.69) is 14.9 Å². The van der Waals surface area contributed by atoms with Gasteiger partial charge in [0, 0.05) is 19.3 Å². The zero-order valence-corrected chi connectivity index (χ0v) is 17.3. The summed E-state index contributed by atoms with van der Waals surface area (Å²) >= 11 is 0. The molecule has 8 heteroatoms. The summed E-state index contributed by atoms with van der Waals surface area (Å²) in [5, 5.41) is 0. The van der Waals surface area contributed by atoms with E-state index >= 15 is 0 Å². The van der Waals surface area contributed by atoms with Gasteiger partial charge in [0.1, 0.15) is 0 Å². The second-order valence-electron chi connectivity index (χ2n) is 8.12. The van der Waals surface area contributed by atoms with Gasteiger partial charge in [-0.3, -0.25) is 0 Å². The number of benzene rings is 1. The topological polar surface area (TPSA) is 72.4 Å². The van der Waals surface area contributed by atoms with Crippen LogP contribution in [0, 0.1) is 23.6 Å². The average molecular weight is 420 g/mol. The Bertz CT molecular complexity index is 927. The number of hydrogen-bond acceptors (Lipinski definition) is 6. The quantitative estimate of drug-likeness (QED) is 0.687. The number of sulfone groups is 1. The number of halogens is 1. The Morgan fingerprint density at radius 2 is 1.79 bits per heavy atom. The fourth-order valence-corrected chi connectivity index (χ4v) is 4.83. The van der Waals surface area contributed by atoms with Gasteiger partial charge < -0.3 is 9.64 Å². The van der Waals surface area contributed by atoms with E-state index in [4.69, 9.17) is 4.74 Å². The van der Waals surface area contributed by atoms with Crippen LogP contribution in [0.3, 0.4) is 0 Å². The van der Waals surface area contributed by atoms with Crippen LogP contribution in [0.2, 0.25) is 0 Å². The maximum atomic E-state index is 13.0. The second-order valence-corrected chi connectivity index (χ2v) is 10.1. The lowest BCUT2D eigenvalue weighted by molar-refractivity contribution is 0.104. The number of nitrogens with zero attached hydrogens (tertiary/aromatic N) is 3. The Morgan fingerprint density at radius 1 is 1.14 bits per heavy atom. The summed E-state index contributed by atoms with van der Waals surface area (Å²) in [4.78, 5) is 10.6. The average Bonchev–Trinajstić information content (AvgIpc) is 3.48. The van der Waals surface area contributed by atoms with Crippen LogP contribution in [-0.2, 0) is 21.2 Å². The minimum atomic E-state index is -3.16. The van der Waals surface area contributed by atoms with Crippen LogP contribution in [0.4, 0.5) is 10.3 Å². The van der Waals surface area contributed by atoms with Crippen molar-refractivity contribution in [3.63, 3.8) is 0 Å². The molecule has 2 aliphatic rings. The van der Waals surface area contributed by atoms with Crippen LogP contribution in [0.1, 0.15) is 24.8 Å². The molecule has 1 saturated carbocycles. The fraction of sp³-hybridized carbons (Fsp3) is 0.524. The Kier molecular flexibility index (Phi) is 5.83. The number of aromatic nitrogens is 2. The number of rotatable bonds is 7. The molecule has 29 heavy (non-hydrogen) atoms. The Balaban J connectivity index is 1.18. The Morgan fingerprint density at radius 3 is 2.41 bits per heavy atom. The number of piperidine rings is 1. The van der Waals surface area contributed by atoms with E-state index in [0.29, 0.717) is 29.3 Å². The summed E-state index contributed by atoms with van der Waals surface area (Å²) in [7, 11) is -3.16. The molecule has 0 unspecified atom stereocenters. The van der Waals surface area contributed by atoms with Crippen molar-refractivity contribution in [2.24, 2.45) is 17.8 Å². The molecule has 1 aromatic heterocycles. The highest BCUT2D eigenvalue weighted by Crippen LogP contribution is 2.48. The van der Waals surface area contributed by atoms with Crippen LogP contribution in [-0.4, -0.2) is 44.3 Å². The van der Waals surface area contributed by atoms with Crippen LogP contribution < -0.4 is 4.90 Å². The number of hydrogen-bond donors (Lipinski definition) is 0. The standard InChI is InChI=1S/C21H26FN3O3S/c1-29(26,27)19-4-2-15(3-5-19)13-28-14-17-10-20(17)16-6-8-25(9-7-16)21-23-11-18(22)12-24-21/h2-5,11-12,16-17,20H,6-10,13-14H2,1H3/t17-,20+/m0/s1. The van der Waals surface area contributed by atoms with E-state index in [1.54, 1.807) is 12.1 Å². The van der Waals surface area contributed by atoms with Gasteiger partial charge in [-0.2, -0.15) is 0 Å². The van der Waals surface area contributed by atoms with Crippen LogP contribution in [0.25, 0.3) is 0 Å². The second kappa shape index (κ2) is 8.36. The van der Waals surface area contributed by atoms with E-state index in [1.165, 1.54) is 25.1 Å². The first-order valence-electron chi connectivity index (χ1n) is 9.99. The van der Waals surface area contributed by atoms with Crippen molar-refractivity contribution in [2.75, 3.05) is 30.9 Å². The van der Waals surface area contributed by atoms with E-state index in [1.807, 2.05) is 12.1 Å². The van der Waals surface area contributed by atoms with E-state index in [-0.39, 0.29) is 0 Å². The fourth-order valence-electron chi connectivity index (χ4n) is 4.20. The first kappa shape index (κ1) is 20.2. The van der Waals surface area contributed by atoms with Crippen molar-refractivity contribution in [3.8, 4) is 0 Å². The maximum Gasteiger partial charge on any atom is 0.225 e. The largest absolute Gasteiger partial charge is 0.376 e. The van der Waals surface area contributed by atoms with Crippen molar-refractivity contribution >= 4 is 15.8 Å². The van der Waals surface area contributed by atoms with Crippen LogP contribution in [0.5, 0.6) is 0 Å². The van der Waals surface area contributed by atoms with Gasteiger partial charge in [-0.05, 0) is 54.7 Å². The van der Waals surface area contributed by atoms with E-state index in [9.17, 15) is 12.8 Å². The van der Waals surface area contributed by atoms with Gasteiger partial charge in [0.15, 0.2) is 15.7 Å². The third kappa shape index (κ3) is 5.11. The van der Waals surface area contributed by atoms with Crippen LogP contribution >= 0.6 is 0 Å². The molecule has 2 fully saturated rings. The molecule has 6 nitrogen and oxygen atoms in total. The molecule has 0 spiro atoms. The van der Waals surface area contributed by atoms with Gasteiger partial charge in [0.25, 0.3) is 0 Å². The molecular formula is C21H26FN3O3S. The molecule has 1 saturated heterocycles. The lowest BCUT2D eigenvalue weighted by Crippen LogP contribution is -2.35. The summed E-state index contributed by atoms with van der Waals surface area (Å²) in [6.45, 7) is 3.08. The predicted molar refractivity (Wildman–Crippen MR) is 108 cm³/mol. The SMILES string of the molecule is CS(=O)(=O)c1ccc(COC[C@@H]2C[C@@H]2C2CCN(c3ncc(F)cn3)CC2)cc1. The van der Waals surface area contributed by atoms with Crippen molar-refractivity contribution < 1.29 is 17.5 Å². The van der Waals surface area contributed by atoms with Crippen molar-refractivity contribution in [3.05, 3.63) is 48.0 Å². The van der Waals surface area contributed by atoms with Crippen molar-refractivity contribution in [2.45, 2.75) is 30.8 Å². The van der Waals surface area contributed by atoms with Crippen molar-refractivity contribution in [1.29, 1.82) is 0 Å². The zero-order chi connectivity index (χ0) is 20.4. The lowest BCUT2D eigenvalue weighted by atomic mass is 9.91. The van der Waals surface area contributed by atoms with Gasteiger partial charge in [0.05, 0.1) is 30.5 Å². The highest BCUT2D eigenvalue weighted by atomic mass is 32.2.